The standard InChI is InChI=1S/C38H30N2O/c1-3-23-39-25-30(28-19-11-13-21-31(28)39)35-33(26-15-7-5-8-16-26)34(27-17-9-6-10-18-27)38(41)36-29-20-12-14-22-32(29)40(24-4-2)37(35)36/h3-22,25,41H,1-2,23-24H2. The van der Waals surface area contributed by atoms with Crippen molar-refractivity contribution in [3.05, 3.63) is 141 Å². The number of benzene rings is 5. The lowest BCUT2D eigenvalue weighted by Gasteiger charge is -2.21. The van der Waals surface area contributed by atoms with Gasteiger partial charge in [-0.1, -0.05) is 109 Å². The molecule has 7 rings (SSSR count). The summed E-state index contributed by atoms with van der Waals surface area (Å²) in [7, 11) is 0. The van der Waals surface area contributed by atoms with Gasteiger partial charge in [-0.05, 0) is 23.3 Å². The summed E-state index contributed by atoms with van der Waals surface area (Å²) in [5.74, 6) is 0.294. The highest BCUT2D eigenvalue weighted by molar-refractivity contribution is 6.23. The van der Waals surface area contributed by atoms with E-state index in [0.29, 0.717) is 18.8 Å². The minimum absolute atomic E-state index is 0.294. The van der Waals surface area contributed by atoms with Crippen molar-refractivity contribution in [1.29, 1.82) is 0 Å². The van der Waals surface area contributed by atoms with Gasteiger partial charge in [0.25, 0.3) is 0 Å². The van der Waals surface area contributed by atoms with Crippen LogP contribution >= 0.6 is 0 Å². The number of aromatic nitrogens is 2. The summed E-state index contributed by atoms with van der Waals surface area (Å²) < 4.78 is 4.56. The van der Waals surface area contributed by atoms with E-state index in [9.17, 15) is 5.11 Å². The van der Waals surface area contributed by atoms with E-state index in [2.05, 4.69) is 107 Å². The van der Waals surface area contributed by atoms with Gasteiger partial charge in [-0.25, -0.2) is 0 Å². The van der Waals surface area contributed by atoms with Crippen LogP contribution in [-0.2, 0) is 13.1 Å². The molecule has 0 atom stereocenters. The number of para-hydroxylation sites is 2. The number of hydrogen-bond acceptors (Lipinski definition) is 1. The van der Waals surface area contributed by atoms with Crippen LogP contribution in [0, 0.1) is 0 Å². The summed E-state index contributed by atoms with van der Waals surface area (Å²) in [5, 5.41) is 15.4. The van der Waals surface area contributed by atoms with Crippen LogP contribution in [0.15, 0.2) is 141 Å². The molecule has 41 heavy (non-hydrogen) atoms. The molecule has 2 aromatic heterocycles. The zero-order chi connectivity index (χ0) is 27.9. The fourth-order valence-corrected chi connectivity index (χ4v) is 6.39. The molecule has 0 aliphatic rings. The van der Waals surface area contributed by atoms with E-state index in [0.717, 1.165) is 66.1 Å². The summed E-state index contributed by atoms with van der Waals surface area (Å²) >= 11 is 0. The maximum atomic E-state index is 12.3. The summed E-state index contributed by atoms with van der Waals surface area (Å²) in [6.45, 7) is 9.43. The molecule has 0 spiro atoms. The molecule has 0 radical (unpaired) electrons. The van der Waals surface area contributed by atoms with E-state index in [-0.39, 0.29) is 0 Å². The number of nitrogens with zero attached hydrogens (tertiary/aromatic N) is 2. The zero-order valence-corrected chi connectivity index (χ0v) is 22.8. The first-order valence-electron chi connectivity index (χ1n) is 13.9. The Hall–Kier alpha value is -5.28. The summed E-state index contributed by atoms with van der Waals surface area (Å²) in [4.78, 5) is 0. The first-order chi connectivity index (χ1) is 20.2. The maximum Gasteiger partial charge on any atom is 0.134 e. The number of phenols is 1. The Kier molecular flexibility index (Phi) is 6.06. The molecule has 0 fully saturated rings. The Bertz CT molecular complexity index is 2080. The van der Waals surface area contributed by atoms with Crippen LogP contribution in [0.5, 0.6) is 5.75 Å². The van der Waals surface area contributed by atoms with Crippen LogP contribution < -0.4 is 0 Å². The fourth-order valence-electron chi connectivity index (χ4n) is 6.39. The smallest absolute Gasteiger partial charge is 0.134 e. The predicted molar refractivity (Wildman–Crippen MR) is 173 cm³/mol. The molecule has 0 unspecified atom stereocenters. The number of hydrogen-bond donors (Lipinski definition) is 1. The Morgan fingerprint density at radius 1 is 0.585 bits per heavy atom. The van der Waals surface area contributed by atoms with Gasteiger partial charge >= 0.3 is 0 Å². The number of rotatable bonds is 7. The third-order valence-corrected chi connectivity index (χ3v) is 8.00. The summed E-state index contributed by atoms with van der Waals surface area (Å²) in [5.41, 5.74) is 9.31. The number of phenolic OH excluding ortho intramolecular Hbond substituents is 1. The van der Waals surface area contributed by atoms with E-state index in [1.165, 1.54) is 0 Å². The second kappa shape index (κ2) is 10.0. The van der Waals surface area contributed by atoms with E-state index in [1.807, 2.05) is 42.5 Å². The van der Waals surface area contributed by atoms with Gasteiger partial charge in [0.05, 0.1) is 10.9 Å². The number of allylic oxidation sites excluding steroid dienone is 2. The molecule has 198 valence electrons. The molecule has 0 saturated heterocycles. The first kappa shape index (κ1) is 24.7. The summed E-state index contributed by atoms with van der Waals surface area (Å²) in [6, 6.07) is 37.6. The molecule has 0 saturated carbocycles. The minimum atomic E-state index is 0.294. The van der Waals surface area contributed by atoms with Crippen molar-refractivity contribution in [1.82, 2.24) is 9.13 Å². The zero-order valence-electron chi connectivity index (χ0n) is 22.8. The second-order valence-corrected chi connectivity index (χ2v) is 10.3. The maximum absolute atomic E-state index is 12.3. The first-order valence-corrected chi connectivity index (χ1v) is 13.9. The highest BCUT2D eigenvalue weighted by Crippen LogP contribution is 2.54. The predicted octanol–water partition coefficient (Wildman–Crippen LogP) is 9.83. The second-order valence-electron chi connectivity index (χ2n) is 10.3. The molecular formula is C38H30N2O. The van der Waals surface area contributed by atoms with Crippen LogP contribution in [0.25, 0.3) is 66.1 Å². The molecule has 3 nitrogen and oxygen atoms in total. The van der Waals surface area contributed by atoms with Crippen molar-refractivity contribution in [3.8, 4) is 39.1 Å². The van der Waals surface area contributed by atoms with Gasteiger partial charge in [0.1, 0.15) is 5.75 Å². The highest BCUT2D eigenvalue weighted by atomic mass is 16.3. The Morgan fingerprint density at radius 3 is 1.80 bits per heavy atom. The lowest BCUT2D eigenvalue weighted by atomic mass is 9.84. The fraction of sp³-hybridized carbons (Fsp3) is 0.0526. The Labute approximate surface area is 239 Å². The molecule has 0 amide bonds. The molecule has 7 aromatic rings. The lowest BCUT2D eigenvalue weighted by Crippen LogP contribution is -1.99. The van der Waals surface area contributed by atoms with Crippen molar-refractivity contribution in [3.63, 3.8) is 0 Å². The quantitative estimate of drug-likeness (QED) is 0.204. The third-order valence-electron chi connectivity index (χ3n) is 8.00. The van der Waals surface area contributed by atoms with Crippen LogP contribution in [0.1, 0.15) is 0 Å². The van der Waals surface area contributed by atoms with Crippen LogP contribution in [0.2, 0.25) is 0 Å². The molecule has 0 aliphatic carbocycles. The number of fused-ring (bicyclic) bond motifs is 4. The highest BCUT2D eigenvalue weighted by Gasteiger charge is 2.28. The van der Waals surface area contributed by atoms with Gasteiger partial charge in [0.2, 0.25) is 0 Å². The van der Waals surface area contributed by atoms with Gasteiger partial charge in [-0.15, -0.1) is 13.2 Å². The molecule has 0 aliphatic heterocycles. The van der Waals surface area contributed by atoms with Crippen LogP contribution in [-0.4, -0.2) is 14.2 Å². The van der Waals surface area contributed by atoms with Crippen molar-refractivity contribution >= 4 is 32.7 Å². The van der Waals surface area contributed by atoms with Gasteiger partial charge < -0.3 is 14.2 Å². The SMILES string of the molecule is C=CCn1cc(-c2c(-c3ccccc3)c(-c3ccccc3)c(O)c3c4ccccc4n(CC=C)c23)c2ccccc21. The largest absolute Gasteiger partial charge is 0.507 e. The normalized spacial score (nSPS) is 11.4. The van der Waals surface area contributed by atoms with E-state index >= 15 is 0 Å². The van der Waals surface area contributed by atoms with E-state index in [1.54, 1.807) is 0 Å². The topological polar surface area (TPSA) is 30.1 Å². The van der Waals surface area contributed by atoms with E-state index < -0.39 is 0 Å². The molecule has 3 heteroatoms. The Morgan fingerprint density at radius 2 is 1.15 bits per heavy atom. The van der Waals surface area contributed by atoms with Crippen LogP contribution in [0.4, 0.5) is 0 Å². The van der Waals surface area contributed by atoms with Gasteiger partial charge in [0.15, 0.2) is 0 Å². The van der Waals surface area contributed by atoms with Crippen molar-refractivity contribution in [2.24, 2.45) is 0 Å². The molecule has 2 heterocycles. The van der Waals surface area contributed by atoms with Crippen molar-refractivity contribution in [2.75, 3.05) is 0 Å². The molecule has 0 bridgehead atoms. The monoisotopic (exact) mass is 530 g/mol. The molecule has 5 aromatic carbocycles. The average Bonchev–Trinajstić information content (AvgIpc) is 3.55. The van der Waals surface area contributed by atoms with Crippen LogP contribution in [0.3, 0.4) is 0 Å². The third kappa shape index (κ3) is 3.81. The molecule has 1 N–H and O–H groups in total. The lowest BCUT2D eigenvalue weighted by molar-refractivity contribution is 0.484. The minimum Gasteiger partial charge on any atom is -0.507 e. The van der Waals surface area contributed by atoms with Gasteiger partial charge in [-0.2, -0.15) is 0 Å². The average molecular weight is 531 g/mol. The molecular weight excluding hydrogens is 500 g/mol. The van der Waals surface area contributed by atoms with E-state index in [4.69, 9.17) is 0 Å². The van der Waals surface area contributed by atoms with Crippen molar-refractivity contribution in [2.45, 2.75) is 13.1 Å². The van der Waals surface area contributed by atoms with Crippen molar-refractivity contribution < 1.29 is 5.11 Å². The van der Waals surface area contributed by atoms with Gasteiger partial charge in [0, 0.05) is 63.3 Å². The Balaban J connectivity index is 1.80. The summed E-state index contributed by atoms with van der Waals surface area (Å²) in [6.07, 6.45) is 6.11. The van der Waals surface area contributed by atoms with Gasteiger partial charge in [-0.3, -0.25) is 0 Å². The number of aromatic hydroxyl groups is 1.